The van der Waals surface area contributed by atoms with Crippen molar-refractivity contribution in [2.45, 2.75) is 39.7 Å². The van der Waals surface area contributed by atoms with Crippen LogP contribution in [-0.2, 0) is 6.54 Å². The highest BCUT2D eigenvalue weighted by Crippen LogP contribution is 2.26. The van der Waals surface area contributed by atoms with E-state index in [9.17, 15) is 0 Å². The third-order valence-electron chi connectivity index (χ3n) is 2.60. The van der Waals surface area contributed by atoms with Crippen LogP contribution in [0.3, 0.4) is 0 Å². The maximum Gasteiger partial charge on any atom is 0.0820 e. The lowest BCUT2D eigenvalue weighted by atomic mass is 10.0. The molecule has 0 aliphatic heterocycles. The van der Waals surface area contributed by atoms with Gasteiger partial charge in [-0.2, -0.15) is 5.10 Å². The van der Waals surface area contributed by atoms with Gasteiger partial charge in [-0.15, -0.1) is 0 Å². The largest absolute Gasteiger partial charge is 0.317 e. The van der Waals surface area contributed by atoms with E-state index in [4.69, 9.17) is 11.6 Å². The van der Waals surface area contributed by atoms with E-state index in [0.717, 1.165) is 36.8 Å². The van der Waals surface area contributed by atoms with Crippen LogP contribution in [0.1, 0.15) is 38.8 Å². The fourth-order valence-corrected chi connectivity index (χ4v) is 2.07. The first-order valence-corrected chi connectivity index (χ1v) is 6.00. The standard InChI is InChI=1S/C11H20ClN3/c1-4-13-7-6-9(3)11-10(12)8-14-15(11)5-2/h8-9,13H,4-7H2,1-3H3. The van der Waals surface area contributed by atoms with Crippen LogP contribution >= 0.6 is 11.6 Å². The van der Waals surface area contributed by atoms with Gasteiger partial charge in [0, 0.05) is 12.5 Å². The lowest BCUT2D eigenvalue weighted by molar-refractivity contribution is 0.542. The Kier molecular flexibility index (Phi) is 5.12. The molecule has 0 bridgehead atoms. The van der Waals surface area contributed by atoms with Gasteiger partial charge >= 0.3 is 0 Å². The van der Waals surface area contributed by atoms with Crippen LogP contribution < -0.4 is 5.32 Å². The minimum Gasteiger partial charge on any atom is -0.317 e. The molecular weight excluding hydrogens is 210 g/mol. The fraction of sp³-hybridized carbons (Fsp3) is 0.727. The van der Waals surface area contributed by atoms with Gasteiger partial charge in [0.25, 0.3) is 0 Å². The highest BCUT2D eigenvalue weighted by atomic mass is 35.5. The highest BCUT2D eigenvalue weighted by molar-refractivity contribution is 6.31. The number of nitrogens with one attached hydrogen (secondary N) is 1. The molecule has 1 unspecified atom stereocenters. The van der Waals surface area contributed by atoms with Crippen LogP contribution in [0.15, 0.2) is 6.20 Å². The van der Waals surface area contributed by atoms with Crippen LogP contribution in [0.5, 0.6) is 0 Å². The fourth-order valence-electron chi connectivity index (χ4n) is 1.75. The zero-order valence-electron chi connectivity index (χ0n) is 9.76. The molecule has 0 amide bonds. The van der Waals surface area contributed by atoms with Gasteiger partial charge in [-0.25, -0.2) is 0 Å². The quantitative estimate of drug-likeness (QED) is 0.761. The summed E-state index contributed by atoms with van der Waals surface area (Å²) in [5.41, 5.74) is 1.16. The SMILES string of the molecule is CCNCCC(C)c1c(Cl)cnn1CC. The van der Waals surface area contributed by atoms with Crippen molar-refractivity contribution in [3.63, 3.8) is 0 Å². The second-order valence-electron chi connectivity index (χ2n) is 3.74. The summed E-state index contributed by atoms with van der Waals surface area (Å²) in [6, 6.07) is 0. The summed E-state index contributed by atoms with van der Waals surface area (Å²) in [7, 11) is 0. The molecule has 0 saturated carbocycles. The van der Waals surface area contributed by atoms with E-state index in [1.807, 2.05) is 4.68 Å². The molecular formula is C11H20ClN3. The highest BCUT2D eigenvalue weighted by Gasteiger charge is 2.14. The number of hydrogen-bond acceptors (Lipinski definition) is 2. The van der Waals surface area contributed by atoms with Gasteiger partial charge in [0.15, 0.2) is 0 Å². The average molecular weight is 230 g/mol. The molecule has 1 rings (SSSR count). The smallest absolute Gasteiger partial charge is 0.0820 e. The first kappa shape index (κ1) is 12.5. The monoisotopic (exact) mass is 229 g/mol. The first-order chi connectivity index (χ1) is 7.20. The summed E-state index contributed by atoms with van der Waals surface area (Å²) < 4.78 is 1.99. The first-order valence-electron chi connectivity index (χ1n) is 5.62. The number of halogens is 1. The van der Waals surface area contributed by atoms with Crippen molar-refractivity contribution in [1.29, 1.82) is 0 Å². The molecule has 3 nitrogen and oxygen atoms in total. The second kappa shape index (κ2) is 6.13. The predicted molar refractivity (Wildman–Crippen MR) is 64.5 cm³/mol. The van der Waals surface area contributed by atoms with Crippen LogP contribution in [0.4, 0.5) is 0 Å². The maximum absolute atomic E-state index is 6.13. The summed E-state index contributed by atoms with van der Waals surface area (Å²) in [4.78, 5) is 0. The van der Waals surface area contributed by atoms with Crippen LogP contribution in [0, 0.1) is 0 Å². The van der Waals surface area contributed by atoms with Gasteiger partial charge in [-0.05, 0) is 26.4 Å². The summed E-state index contributed by atoms with van der Waals surface area (Å²) in [6.07, 6.45) is 2.84. The van der Waals surface area contributed by atoms with Crippen LogP contribution in [0.2, 0.25) is 5.02 Å². The summed E-state index contributed by atoms with van der Waals surface area (Å²) >= 11 is 6.13. The van der Waals surface area contributed by atoms with Crippen LogP contribution in [0.25, 0.3) is 0 Å². The zero-order chi connectivity index (χ0) is 11.3. The number of hydrogen-bond donors (Lipinski definition) is 1. The Morgan fingerprint density at radius 1 is 1.53 bits per heavy atom. The third-order valence-corrected chi connectivity index (χ3v) is 2.89. The minimum absolute atomic E-state index is 0.457. The molecule has 1 heterocycles. The molecule has 1 N–H and O–H groups in total. The summed E-state index contributed by atoms with van der Waals surface area (Å²) in [5, 5.41) is 8.37. The van der Waals surface area contributed by atoms with Crippen LogP contribution in [-0.4, -0.2) is 22.9 Å². The van der Waals surface area contributed by atoms with Gasteiger partial charge in [0.05, 0.1) is 16.9 Å². The third kappa shape index (κ3) is 3.21. The molecule has 1 aromatic heterocycles. The molecule has 0 aliphatic carbocycles. The molecule has 15 heavy (non-hydrogen) atoms. The molecule has 1 atom stereocenters. The Hall–Kier alpha value is -0.540. The van der Waals surface area contributed by atoms with E-state index in [2.05, 4.69) is 31.2 Å². The molecule has 4 heteroatoms. The van der Waals surface area contributed by atoms with Crippen molar-refractivity contribution in [2.24, 2.45) is 0 Å². The molecule has 0 fully saturated rings. The van der Waals surface area contributed by atoms with E-state index in [-0.39, 0.29) is 0 Å². The molecule has 0 aromatic carbocycles. The average Bonchev–Trinajstić information content (AvgIpc) is 2.59. The number of aromatic nitrogens is 2. The van der Waals surface area contributed by atoms with Gasteiger partial charge in [0.1, 0.15) is 0 Å². The molecule has 1 aromatic rings. The van der Waals surface area contributed by atoms with Crippen molar-refractivity contribution in [2.75, 3.05) is 13.1 Å². The molecule has 0 radical (unpaired) electrons. The van der Waals surface area contributed by atoms with Gasteiger partial charge in [-0.1, -0.05) is 25.4 Å². The topological polar surface area (TPSA) is 29.9 Å². The Bertz CT molecular complexity index is 296. The van der Waals surface area contributed by atoms with E-state index in [1.54, 1.807) is 6.20 Å². The predicted octanol–water partition coefficient (Wildman–Crippen LogP) is 2.66. The summed E-state index contributed by atoms with van der Waals surface area (Å²) in [6.45, 7) is 9.34. The summed E-state index contributed by atoms with van der Waals surface area (Å²) in [5.74, 6) is 0.457. The van der Waals surface area contributed by atoms with Gasteiger partial charge in [-0.3, -0.25) is 4.68 Å². The molecule has 0 saturated heterocycles. The van der Waals surface area contributed by atoms with Crippen molar-refractivity contribution in [1.82, 2.24) is 15.1 Å². The van der Waals surface area contributed by atoms with Crippen molar-refractivity contribution in [3.8, 4) is 0 Å². The lowest BCUT2D eigenvalue weighted by Crippen LogP contribution is -2.17. The number of rotatable bonds is 6. The Balaban J connectivity index is 2.63. The Morgan fingerprint density at radius 2 is 2.27 bits per heavy atom. The second-order valence-corrected chi connectivity index (χ2v) is 4.14. The zero-order valence-corrected chi connectivity index (χ0v) is 10.5. The molecule has 86 valence electrons. The molecule has 0 aliphatic rings. The van der Waals surface area contributed by atoms with Crippen molar-refractivity contribution < 1.29 is 0 Å². The Morgan fingerprint density at radius 3 is 2.87 bits per heavy atom. The Labute approximate surface area is 96.8 Å². The van der Waals surface area contributed by atoms with E-state index >= 15 is 0 Å². The van der Waals surface area contributed by atoms with E-state index in [0.29, 0.717) is 5.92 Å². The van der Waals surface area contributed by atoms with Crippen molar-refractivity contribution >= 4 is 11.6 Å². The minimum atomic E-state index is 0.457. The van der Waals surface area contributed by atoms with E-state index < -0.39 is 0 Å². The molecule has 0 spiro atoms. The maximum atomic E-state index is 6.13. The van der Waals surface area contributed by atoms with Gasteiger partial charge < -0.3 is 5.32 Å². The van der Waals surface area contributed by atoms with Crippen molar-refractivity contribution in [3.05, 3.63) is 16.9 Å². The van der Waals surface area contributed by atoms with Gasteiger partial charge in [0.2, 0.25) is 0 Å². The lowest BCUT2D eigenvalue weighted by Gasteiger charge is -2.14. The number of nitrogens with zero attached hydrogens (tertiary/aromatic N) is 2. The normalized spacial score (nSPS) is 13.1. The van der Waals surface area contributed by atoms with E-state index in [1.165, 1.54) is 0 Å². The number of aryl methyl sites for hydroxylation is 1.